The fourth-order valence-electron chi connectivity index (χ4n) is 15.0. The van der Waals surface area contributed by atoms with Gasteiger partial charge in [0.1, 0.15) is 17.8 Å². The molecule has 0 aromatic heterocycles. The van der Waals surface area contributed by atoms with Crippen molar-refractivity contribution in [1.29, 1.82) is 0 Å². The molecule has 0 bridgehead atoms. The second-order valence-electron chi connectivity index (χ2n) is 20.3. The van der Waals surface area contributed by atoms with Gasteiger partial charge in [0.2, 0.25) is 5.78 Å². The van der Waals surface area contributed by atoms with Gasteiger partial charge in [-0.2, -0.15) is 0 Å². The summed E-state index contributed by atoms with van der Waals surface area (Å²) >= 11 is 0. The third-order valence-corrected chi connectivity index (χ3v) is 18.2. The van der Waals surface area contributed by atoms with Crippen molar-refractivity contribution in [1.82, 2.24) is 0 Å². The lowest BCUT2D eigenvalue weighted by Gasteiger charge is -2.62. The molecule has 0 saturated heterocycles. The Bertz CT molecular complexity index is 2030. The molecule has 6 saturated carbocycles. The number of allylic oxidation sites excluding steroid dienone is 8. The molecular weight excluding hydrogens is 766 g/mol. The van der Waals surface area contributed by atoms with Crippen molar-refractivity contribution in [2.24, 2.45) is 57.2 Å². The Kier molecular flexibility index (Phi) is 9.54. The number of carbonyl (C=O) groups is 5. The molecule has 4 N–H and O–H groups in total. The van der Waals surface area contributed by atoms with Crippen LogP contribution in [0.5, 0.6) is 0 Å². The Morgan fingerprint density at radius 2 is 1.12 bits per heavy atom. The molecule has 0 amide bonds. The van der Waals surface area contributed by atoms with Crippen molar-refractivity contribution in [2.75, 3.05) is 13.2 Å². The predicted molar refractivity (Wildman–Crippen MR) is 208 cm³/mol. The Labute approximate surface area is 343 Å². The summed E-state index contributed by atoms with van der Waals surface area (Å²) in [6.45, 7) is 8.80. The van der Waals surface area contributed by atoms with Crippen LogP contribution >= 0.6 is 0 Å². The summed E-state index contributed by atoms with van der Waals surface area (Å²) in [5.74, 6) is -5.62. The van der Waals surface area contributed by atoms with Gasteiger partial charge in [0, 0.05) is 39.9 Å². The molecule has 322 valence electrons. The van der Waals surface area contributed by atoms with E-state index in [2.05, 4.69) is 0 Å². The molecule has 0 aliphatic heterocycles. The van der Waals surface area contributed by atoms with E-state index in [1.807, 2.05) is 0 Å². The van der Waals surface area contributed by atoms with Crippen molar-refractivity contribution in [3.63, 3.8) is 0 Å². The molecule has 59 heavy (non-hydrogen) atoms. The third-order valence-electron chi connectivity index (χ3n) is 18.2. The first kappa shape index (κ1) is 42.3. The van der Waals surface area contributed by atoms with Gasteiger partial charge >= 0.3 is 6.16 Å². The molecule has 13 heteroatoms. The largest absolute Gasteiger partial charge is 0.508 e. The number of carbonyl (C=O) groups excluding carboxylic acids is 5. The maximum atomic E-state index is 17.5. The van der Waals surface area contributed by atoms with E-state index in [1.165, 1.54) is 30.4 Å². The zero-order chi connectivity index (χ0) is 43.1. The number of Topliss-reactive ketones (excluding diaryl/α,β-unsaturated/α-hetero) is 2. The smallest absolute Gasteiger partial charge is 0.434 e. The van der Waals surface area contributed by atoms with Crippen LogP contribution in [0.15, 0.2) is 47.6 Å². The van der Waals surface area contributed by atoms with Crippen LogP contribution < -0.4 is 0 Å². The maximum Gasteiger partial charge on any atom is 0.508 e. The molecule has 6 fully saturated rings. The number of rotatable bonds is 7. The Morgan fingerprint density at radius 1 is 0.695 bits per heavy atom. The topological polar surface area (TPSA) is 185 Å². The SMILES string of the molecule is C[C@@H]1CC2C3CCC4=CC(=O)C=C[C@]4(C)[C@@]3(F)[C@@H](O)C[C@]2(C)[C@@]1(O)C(=O)CCOC(=O)OCC(=O)[C@@]1(O)[C@@H](C)CC2C3CCC4=CC(=O)C=C[C@]4(C)[C@@]3(F)[C@@H](O)C[C@@]21C. The summed E-state index contributed by atoms with van der Waals surface area (Å²) in [4.78, 5) is 65.1. The summed E-state index contributed by atoms with van der Waals surface area (Å²) in [7, 11) is 0. The molecule has 8 aliphatic rings. The molecule has 0 aromatic rings. The van der Waals surface area contributed by atoms with E-state index in [0.717, 1.165) is 0 Å². The van der Waals surface area contributed by atoms with Gasteiger partial charge in [-0.1, -0.05) is 51.0 Å². The van der Waals surface area contributed by atoms with E-state index < -0.39 is 129 Å². The summed E-state index contributed by atoms with van der Waals surface area (Å²) in [6, 6.07) is 0. The van der Waals surface area contributed by atoms with Gasteiger partial charge in [-0.15, -0.1) is 0 Å². The predicted octanol–water partition coefficient (Wildman–Crippen LogP) is 5.36. The normalized spacial score (nSPS) is 50.6. The van der Waals surface area contributed by atoms with Crippen molar-refractivity contribution in [3.8, 4) is 0 Å². The lowest BCUT2D eigenvalue weighted by Crippen LogP contribution is -2.69. The number of ketones is 4. The quantitative estimate of drug-likeness (QED) is 0.242. The summed E-state index contributed by atoms with van der Waals surface area (Å²) < 4.78 is 45.4. The monoisotopic (exact) mass is 824 g/mol. The van der Waals surface area contributed by atoms with Crippen LogP contribution in [0.4, 0.5) is 13.6 Å². The average molecular weight is 825 g/mol. The number of hydrogen-bond donors (Lipinski definition) is 4. The standard InChI is InChI=1S/C46H58F2O11/c1-24-17-32-30-9-7-26-19-28(49)11-14-39(26,3)43(30,47)35(52)21-41(32,5)45(24,56)34(51)13-16-58-38(55)59-23-37(54)46(57)25(2)18-33-31-10-8-27-20-29(50)12-15-40(27,4)44(31,48)36(53)22-42(33,46)6/h11-12,14-15,19-20,24-25,30-33,35-36,52-53,56-57H,7-10,13,16-18,21-23H2,1-6H3/t24-,25+,30?,31?,32?,33?,35+,36+,39+,40+,41+,42+,43+,44+,45+,46+/m1/s1. The third kappa shape index (κ3) is 5.13. The molecule has 0 spiro atoms. The minimum absolute atomic E-state index is 0.201. The van der Waals surface area contributed by atoms with Crippen LogP contribution in [0, 0.1) is 57.2 Å². The summed E-state index contributed by atoms with van der Waals surface area (Å²) in [5, 5.41) is 47.7. The van der Waals surface area contributed by atoms with Gasteiger partial charge < -0.3 is 29.9 Å². The number of fused-ring (bicyclic) bond motifs is 10. The van der Waals surface area contributed by atoms with Gasteiger partial charge in [0.25, 0.3) is 0 Å². The van der Waals surface area contributed by atoms with Crippen molar-refractivity contribution < 1.29 is 62.7 Å². The number of halogens is 2. The van der Waals surface area contributed by atoms with Crippen molar-refractivity contribution in [3.05, 3.63) is 47.6 Å². The fraction of sp³-hybridized carbons (Fsp3) is 0.717. The summed E-state index contributed by atoms with van der Waals surface area (Å²) in [5.41, 5.74) is -12.0. The molecule has 11 nitrogen and oxygen atoms in total. The fourth-order valence-corrected chi connectivity index (χ4v) is 15.0. The van der Waals surface area contributed by atoms with Gasteiger partial charge in [-0.25, -0.2) is 13.6 Å². The van der Waals surface area contributed by atoms with Gasteiger partial charge in [-0.05, 0) is 113 Å². The van der Waals surface area contributed by atoms with Crippen LogP contribution in [0.3, 0.4) is 0 Å². The molecule has 0 aromatic carbocycles. The zero-order valence-corrected chi connectivity index (χ0v) is 34.8. The Hall–Kier alpha value is -3.39. The maximum absolute atomic E-state index is 17.5. The number of aliphatic hydroxyl groups is 4. The number of aliphatic hydroxyl groups excluding tert-OH is 2. The van der Waals surface area contributed by atoms with Crippen LogP contribution in [0.2, 0.25) is 0 Å². The molecular formula is C46H58F2O11. The molecule has 8 rings (SSSR count). The van der Waals surface area contributed by atoms with E-state index >= 15 is 8.78 Å². The van der Waals surface area contributed by atoms with Crippen LogP contribution in [-0.4, -0.2) is 97.7 Å². The van der Waals surface area contributed by atoms with Crippen LogP contribution in [0.1, 0.15) is 99.3 Å². The average Bonchev–Trinajstić information content (AvgIpc) is 3.50. The minimum atomic E-state index is -2.15. The van der Waals surface area contributed by atoms with E-state index in [0.29, 0.717) is 43.3 Å². The highest BCUT2D eigenvalue weighted by molar-refractivity contribution is 6.02. The summed E-state index contributed by atoms with van der Waals surface area (Å²) in [6.07, 6.45) is 5.51. The van der Waals surface area contributed by atoms with Gasteiger partial charge in [0.15, 0.2) is 35.3 Å². The van der Waals surface area contributed by atoms with Crippen LogP contribution in [-0.2, 0) is 28.7 Å². The van der Waals surface area contributed by atoms with Gasteiger partial charge in [0.05, 0.1) is 12.2 Å². The lowest BCUT2D eigenvalue weighted by atomic mass is 9.44. The molecule has 4 unspecified atom stereocenters. The van der Waals surface area contributed by atoms with E-state index in [4.69, 9.17) is 9.47 Å². The molecule has 8 aliphatic carbocycles. The molecule has 0 radical (unpaired) electrons. The lowest BCUT2D eigenvalue weighted by molar-refractivity contribution is -0.219. The first-order valence-corrected chi connectivity index (χ1v) is 21.3. The number of ether oxygens (including phenoxy) is 2. The highest BCUT2D eigenvalue weighted by Crippen LogP contribution is 2.72. The molecule has 16 atom stereocenters. The zero-order valence-electron chi connectivity index (χ0n) is 34.8. The van der Waals surface area contributed by atoms with Crippen LogP contribution in [0.25, 0.3) is 0 Å². The minimum Gasteiger partial charge on any atom is -0.434 e. The first-order chi connectivity index (χ1) is 27.4. The van der Waals surface area contributed by atoms with Crippen molar-refractivity contribution in [2.45, 2.75) is 134 Å². The van der Waals surface area contributed by atoms with E-state index in [1.54, 1.807) is 47.6 Å². The highest BCUT2D eigenvalue weighted by Gasteiger charge is 2.77. The van der Waals surface area contributed by atoms with Crippen molar-refractivity contribution >= 4 is 29.3 Å². The number of hydrogen-bond acceptors (Lipinski definition) is 11. The highest BCUT2D eigenvalue weighted by atomic mass is 19.1. The van der Waals surface area contributed by atoms with Gasteiger partial charge in [-0.3, -0.25) is 19.2 Å². The Balaban J connectivity index is 0.908. The Morgan fingerprint density at radius 3 is 1.56 bits per heavy atom. The number of alkyl halides is 2. The first-order valence-electron chi connectivity index (χ1n) is 21.3. The van der Waals surface area contributed by atoms with E-state index in [-0.39, 0.29) is 30.8 Å². The second-order valence-corrected chi connectivity index (χ2v) is 20.3. The second kappa shape index (κ2) is 13.3. The van der Waals surface area contributed by atoms with E-state index in [9.17, 15) is 44.4 Å². The molecule has 0 heterocycles.